The predicted octanol–water partition coefficient (Wildman–Crippen LogP) is 3.40. The maximum absolute atomic E-state index is 5.84. The molecular formula is C15H15N. The summed E-state index contributed by atoms with van der Waals surface area (Å²) in [5.41, 5.74) is 3.15. The second kappa shape index (κ2) is 5.36. The van der Waals surface area contributed by atoms with Crippen LogP contribution in [0.1, 0.15) is 11.1 Å². The van der Waals surface area contributed by atoms with Crippen LogP contribution in [-0.2, 0) is 6.42 Å². The minimum atomic E-state index is 0.801. The fraction of sp³-hybridized carbons (Fsp3) is 0.133. The molecule has 1 N–H and O–H groups in total. The highest BCUT2D eigenvalue weighted by atomic mass is 14.9. The van der Waals surface area contributed by atoms with Crippen molar-refractivity contribution in [1.82, 2.24) is 0 Å². The van der Waals surface area contributed by atoms with Crippen LogP contribution >= 0.6 is 0 Å². The summed E-state index contributed by atoms with van der Waals surface area (Å²) in [5, 5.41) is 3.34. The quantitative estimate of drug-likeness (QED) is 0.813. The Balaban J connectivity index is 1.87. The van der Waals surface area contributed by atoms with Crippen molar-refractivity contribution in [3.63, 3.8) is 0 Å². The van der Waals surface area contributed by atoms with Gasteiger partial charge < -0.3 is 5.32 Å². The zero-order valence-electron chi connectivity index (χ0n) is 9.19. The molecule has 0 spiro atoms. The molecule has 2 aromatic rings. The van der Waals surface area contributed by atoms with Gasteiger partial charge in [0.1, 0.15) is 0 Å². The molecule has 0 aliphatic rings. The Labute approximate surface area is 97.1 Å². The lowest BCUT2D eigenvalue weighted by Gasteiger charge is -2.08. The molecule has 0 saturated carbocycles. The van der Waals surface area contributed by atoms with Gasteiger partial charge in [0.2, 0.25) is 0 Å². The first-order valence-corrected chi connectivity index (χ1v) is 5.48. The van der Waals surface area contributed by atoms with Crippen LogP contribution < -0.4 is 5.32 Å². The molecular weight excluding hydrogens is 194 g/mol. The molecule has 0 aliphatic carbocycles. The van der Waals surface area contributed by atoms with Crippen molar-refractivity contribution in [3.05, 3.63) is 72.6 Å². The Kier molecular flexibility index (Phi) is 3.60. The van der Waals surface area contributed by atoms with E-state index in [1.807, 2.05) is 30.3 Å². The van der Waals surface area contributed by atoms with Crippen molar-refractivity contribution in [2.75, 3.05) is 11.9 Å². The Hall–Kier alpha value is -1.76. The number of benzene rings is 2. The third-order valence-electron chi connectivity index (χ3n) is 2.53. The average molecular weight is 209 g/mol. The summed E-state index contributed by atoms with van der Waals surface area (Å²) in [4.78, 5) is 0. The Morgan fingerprint density at radius 1 is 0.875 bits per heavy atom. The van der Waals surface area contributed by atoms with Crippen LogP contribution in [0.2, 0.25) is 0 Å². The van der Waals surface area contributed by atoms with Crippen LogP contribution in [0.15, 0.2) is 54.6 Å². The molecule has 16 heavy (non-hydrogen) atoms. The maximum Gasteiger partial charge on any atom is 0.0376 e. The highest BCUT2D eigenvalue weighted by molar-refractivity contribution is 5.52. The number of hydrogen-bond acceptors (Lipinski definition) is 1. The van der Waals surface area contributed by atoms with E-state index in [0.29, 0.717) is 0 Å². The average Bonchev–Trinajstić information content (AvgIpc) is 2.33. The van der Waals surface area contributed by atoms with E-state index in [1.54, 1.807) is 0 Å². The summed E-state index contributed by atoms with van der Waals surface area (Å²) in [6, 6.07) is 18.3. The van der Waals surface area contributed by atoms with Gasteiger partial charge in [-0.25, -0.2) is 0 Å². The van der Waals surface area contributed by atoms with E-state index in [1.165, 1.54) is 5.56 Å². The lowest BCUT2D eigenvalue weighted by molar-refractivity contribution is 1.02. The number of nitrogens with one attached hydrogen (secondary N) is 1. The van der Waals surface area contributed by atoms with Gasteiger partial charge in [0.05, 0.1) is 0 Å². The first kappa shape index (κ1) is 10.7. The third kappa shape index (κ3) is 2.86. The highest BCUT2D eigenvalue weighted by Gasteiger charge is 1.96. The summed E-state index contributed by atoms with van der Waals surface area (Å²) < 4.78 is 0. The molecule has 0 aromatic heterocycles. The zero-order chi connectivity index (χ0) is 11.2. The summed E-state index contributed by atoms with van der Waals surface area (Å²) in [6.07, 6.45) is 1.01. The van der Waals surface area contributed by atoms with Gasteiger partial charge in [0, 0.05) is 19.2 Å². The Bertz CT molecular complexity index is 434. The molecule has 0 saturated heterocycles. The van der Waals surface area contributed by atoms with E-state index >= 15 is 0 Å². The number of para-hydroxylation sites is 1. The second-order valence-corrected chi connectivity index (χ2v) is 3.75. The highest BCUT2D eigenvalue weighted by Crippen LogP contribution is 2.12. The van der Waals surface area contributed by atoms with Crippen molar-refractivity contribution in [2.24, 2.45) is 0 Å². The smallest absolute Gasteiger partial charge is 0.0376 e. The van der Waals surface area contributed by atoms with E-state index in [0.717, 1.165) is 24.2 Å². The van der Waals surface area contributed by atoms with E-state index in [2.05, 4.69) is 29.6 Å². The summed E-state index contributed by atoms with van der Waals surface area (Å²) >= 11 is 0. The lowest BCUT2D eigenvalue weighted by Crippen LogP contribution is -2.05. The van der Waals surface area contributed by atoms with E-state index in [-0.39, 0.29) is 0 Å². The SMILES string of the molecule is [CH]c1ccccc1NCCc1ccccc1. The van der Waals surface area contributed by atoms with Crippen LogP contribution in [0.25, 0.3) is 0 Å². The zero-order valence-corrected chi connectivity index (χ0v) is 9.19. The summed E-state index contributed by atoms with van der Waals surface area (Å²) in [5.74, 6) is 0. The molecule has 0 amide bonds. The first-order valence-electron chi connectivity index (χ1n) is 5.48. The fourth-order valence-electron chi connectivity index (χ4n) is 1.64. The largest absolute Gasteiger partial charge is 0.384 e. The lowest BCUT2D eigenvalue weighted by atomic mass is 10.1. The van der Waals surface area contributed by atoms with Gasteiger partial charge in [-0.15, -0.1) is 0 Å². The van der Waals surface area contributed by atoms with Gasteiger partial charge in [-0.3, -0.25) is 0 Å². The molecule has 2 rings (SSSR count). The van der Waals surface area contributed by atoms with Gasteiger partial charge in [0.25, 0.3) is 0 Å². The molecule has 0 aliphatic heterocycles. The number of anilines is 1. The topological polar surface area (TPSA) is 12.0 Å². The van der Waals surface area contributed by atoms with Crippen molar-refractivity contribution in [2.45, 2.75) is 6.42 Å². The molecule has 0 heterocycles. The van der Waals surface area contributed by atoms with Crippen molar-refractivity contribution in [3.8, 4) is 0 Å². The van der Waals surface area contributed by atoms with Crippen molar-refractivity contribution in [1.29, 1.82) is 0 Å². The molecule has 0 bridgehead atoms. The molecule has 80 valence electrons. The van der Waals surface area contributed by atoms with Crippen molar-refractivity contribution >= 4 is 5.69 Å². The number of hydrogen-bond donors (Lipinski definition) is 1. The first-order chi connectivity index (χ1) is 7.86. The predicted molar refractivity (Wildman–Crippen MR) is 68.5 cm³/mol. The second-order valence-electron chi connectivity index (χ2n) is 3.75. The molecule has 1 heteroatoms. The van der Waals surface area contributed by atoms with Crippen LogP contribution in [-0.4, -0.2) is 6.54 Å². The fourth-order valence-corrected chi connectivity index (χ4v) is 1.64. The van der Waals surface area contributed by atoms with E-state index < -0.39 is 0 Å². The monoisotopic (exact) mass is 209 g/mol. The van der Waals surface area contributed by atoms with Gasteiger partial charge in [-0.2, -0.15) is 0 Å². The van der Waals surface area contributed by atoms with Crippen LogP contribution in [0.4, 0.5) is 5.69 Å². The van der Waals surface area contributed by atoms with E-state index in [9.17, 15) is 0 Å². The maximum atomic E-state index is 5.84. The van der Waals surface area contributed by atoms with Gasteiger partial charge >= 0.3 is 0 Å². The number of rotatable bonds is 4. The van der Waals surface area contributed by atoms with Crippen LogP contribution in [0.5, 0.6) is 0 Å². The van der Waals surface area contributed by atoms with E-state index in [4.69, 9.17) is 6.92 Å². The van der Waals surface area contributed by atoms with Crippen LogP contribution in [0.3, 0.4) is 0 Å². The molecule has 0 fully saturated rings. The Morgan fingerprint density at radius 3 is 2.31 bits per heavy atom. The summed E-state index contributed by atoms with van der Waals surface area (Å²) in [6.45, 7) is 6.74. The molecule has 0 unspecified atom stereocenters. The minimum absolute atomic E-state index is 0.801. The van der Waals surface area contributed by atoms with Crippen LogP contribution in [0, 0.1) is 6.92 Å². The molecule has 0 atom stereocenters. The standard InChI is InChI=1S/C15H15N/c1-13-7-5-6-10-15(13)16-12-11-14-8-3-2-4-9-14/h1-10,16H,11-12H2. The Morgan fingerprint density at radius 2 is 1.56 bits per heavy atom. The summed E-state index contributed by atoms with van der Waals surface area (Å²) in [7, 11) is 0. The molecule has 1 nitrogen and oxygen atoms in total. The van der Waals surface area contributed by atoms with Gasteiger partial charge in [-0.05, 0) is 23.6 Å². The van der Waals surface area contributed by atoms with Gasteiger partial charge in [0.15, 0.2) is 0 Å². The van der Waals surface area contributed by atoms with Crippen molar-refractivity contribution < 1.29 is 0 Å². The molecule has 2 aromatic carbocycles. The third-order valence-corrected chi connectivity index (χ3v) is 2.53. The van der Waals surface area contributed by atoms with Gasteiger partial charge in [-0.1, -0.05) is 48.5 Å². The molecule has 2 radical (unpaired) electrons. The normalized spacial score (nSPS) is 10.1. The minimum Gasteiger partial charge on any atom is -0.384 e.